The second kappa shape index (κ2) is 8.66. The number of rotatable bonds is 5. The van der Waals surface area contributed by atoms with Crippen molar-refractivity contribution in [3.63, 3.8) is 0 Å². The highest BCUT2D eigenvalue weighted by Gasteiger charge is 2.16. The predicted molar refractivity (Wildman–Crippen MR) is 109 cm³/mol. The Morgan fingerprint density at radius 2 is 1.70 bits per heavy atom. The van der Waals surface area contributed by atoms with Crippen LogP contribution in [0.4, 0.5) is 21.9 Å². The molecule has 2 aromatic rings. The Balaban J connectivity index is 1.61. The highest BCUT2D eigenvalue weighted by atomic mass is 16.5. The third-order valence-electron chi connectivity index (χ3n) is 4.93. The summed E-state index contributed by atoms with van der Waals surface area (Å²) in [6.45, 7) is 4.48. The van der Waals surface area contributed by atoms with Gasteiger partial charge in [0.15, 0.2) is 0 Å². The van der Waals surface area contributed by atoms with E-state index in [0.717, 1.165) is 24.7 Å². The summed E-state index contributed by atoms with van der Waals surface area (Å²) in [6.07, 6.45) is 2.45. The first-order valence-electron chi connectivity index (χ1n) is 9.24. The maximum absolute atomic E-state index is 12.3. The van der Waals surface area contributed by atoms with E-state index in [4.69, 9.17) is 9.47 Å². The zero-order valence-corrected chi connectivity index (χ0v) is 16.1. The number of piperidine rings is 1. The first-order valence-corrected chi connectivity index (χ1v) is 9.24. The first-order chi connectivity index (χ1) is 13.1. The second-order valence-electron chi connectivity index (χ2n) is 6.86. The highest BCUT2D eigenvalue weighted by Crippen LogP contribution is 2.29. The fourth-order valence-electron chi connectivity index (χ4n) is 3.22. The highest BCUT2D eigenvalue weighted by molar-refractivity contribution is 6.00. The van der Waals surface area contributed by atoms with Gasteiger partial charge in [-0.05, 0) is 55.2 Å². The van der Waals surface area contributed by atoms with Gasteiger partial charge < -0.3 is 25.0 Å². The molecule has 0 spiro atoms. The SMILES string of the molecule is COc1ccc(OC)c(NC(=O)Nc2ccc(N3CCC(C)CC3)cc2)c1. The van der Waals surface area contributed by atoms with Crippen LogP contribution in [0.25, 0.3) is 0 Å². The summed E-state index contributed by atoms with van der Waals surface area (Å²) in [5, 5.41) is 5.65. The molecule has 0 saturated carbocycles. The van der Waals surface area contributed by atoms with Gasteiger partial charge in [0.2, 0.25) is 0 Å². The Morgan fingerprint density at radius 1 is 1.00 bits per heavy atom. The molecule has 1 aliphatic rings. The van der Waals surface area contributed by atoms with Crippen molar-refractivity contribution in [3.05, 3.63) is 42.5 Å². The molecule has 6 nitrogen and oxygen atoms in total. The molecule has 0 radical (unpaired) electrons. The summed E-state index contributed by atoms with van der Waals surface area (Å²) < 4.78 is 10.5. The monoisotopic (exact) mass is 369 g/mol. The lowest BCUT2D eigenvalue weighted by atomic mass is 9.99. The van der Waals surface area contributed by atoms with Crippen LogP contribution in [0.2, 0.25) is 0 Å². The van der Waals surface area contributed by atoms with Crippen LogP contribution in [-0.2, 0) is 0 Å². The van der Waals surface area contributed by atoms with Crippen LogP contribution in [0.1, 0.15) is 19.8 Å². The lowest BCUT2D eigenvalue weighted by molar-refractivity contribution is 0.262. The molecule has 3 rings (SSSR count). The van der Waals surface area contributed by atoms with Crippen LogP contribution < -0.4 is 25.0 Å². The van der Waals surface area contributed by atoms with Gasteiger partial charge in [0.25, 0.3) is 0 Å². The number of carbonyl (C=O) groups is 1. The average molecular weight is 369 g/mol. The van der Waals surface area contributed by atoms with Crippen LogP contribution in [-0.4, -0.2) is 33.3 Å². The lowest BCUT2D eigenvalue weighted by Gasteiger charge is -2.32. The number of anilines is 3. The van der Waals surface area contributed by atoms with Crippen molar-refractivity contribution in [1.29, 1.82) is 0 Å². The average Bonchev–Trinajstić information content (AvgIpc) is 2.69. The fourth-order valence-corrected chi connectivity index (χ4v) is 3.22. The number of hydrogen-bond acceptors (Lipinski definition) is 4. The molecule has 144 valence electrons. The van der Waals surface area contributed by atoms with E-state index < -0.39 is 0 Å². The summed E-state index contributed by atoms with van der Waals surface area (Å²) in [5.74, 6) is 2.02. The number of carbonyl (C=O) groups excluding carboxylic acids is 1. The molecule has 0 aliphatic carbocycles. The van der Waals surface area contributed by atoms with Crippen LogP contribution >= 0.6 is 0 Å². The van der Waals surface area contributed by atoms with Gasteiger partial charge in [-0.15, -0.1) is 0 Å². The molecule has 2 amide bonds. The van der Waals surface area contributed by atoms with E-state index in [0.29, 0.717) is 17.2 Å². The Labute approximate surface area is 160 Å². The van der Waals surface area contributed by atoms with Gasteiger partial charge >= 0.3 is 6.03 Å². The number of amides is 2. The topological polar surface area (TPSA) is 62.8 Å². The molecule has 2 aromatic carbocycles. The minimum absolute atomic E-state index is 0.332. The number of ether oxygens (including phenoxy) is 2. The molecular weight excluding hydrogens is 342 g/mol. The van der Waals surface area contributed by atoms with Crippen molar-refractivity contribution >= 4 is 23.1 Å². The minimum atomic E-state index is -0.332. The van der Waals surface area contributed by atoms with E-state index in [2.05, 4.69) is 34.6 Å². The van der Waals surface area contributed by atoms with Crippen molar-refractivity contribution in [2.45, 2.75) is 19.8 Å². The molecule has 6 heteroatoms. The quantitative estimate of drug-likeness (QED) is 0.809. The van der Waals surface area contributed by atoms with Gasteiger partial charge in [0.05, 0.1) is 19.9 Å². The Kier molecular flexibility index (Phi) is 6.06. The second-order valence-corrected chi connectivity index (χ2v) is 6.86. The minimum Gasteiger partial charge on any atom is -0.497 e. The number of methoxy groups -OCH3 is 2. The van der Waals surface area contributed by atoms with E-state index in [9.17, 15) is 4.79 Å². The molecule has 0 aromatic heterocycles. The van der Waals surface area contributed by atoms with Crippen LogP contribution in [0.3, 0.4) is 0 Å². The predicted octanol–water partition coefficient (Wildman–Crippen LogP) is 4.58. The standard InChI is InChI=1S/C21H27N3O3/c1-15-10-12-24(13-11-15)17-6-4-16(5-7-17)22-21(25)23-19-14-18(26-2)8-9-20(19)27-3/h4-9,14-15H,10-13H2,1-3H3,(H2,22,23,25). The van der Waals surface area contributed by atoms with Crippen LogP contribution in [0.15, 0.2) is 42.5 Å². The van der Waals surface area contributed by atoms with Crippen LogP contribution in [0, 0.1) is 5.92 Å². The number of nitrogens with zero attached hydrogens (tertiary/aromatic N) is 1. The summed E-state index contributed by atoms with van der Waals surface area (Å²) in [5.41, 5.74) is 2.49. The zero-order chi connectivity index (χ0) is 19.2. The first kappa shape index (κ1) is 18.9. The summed E-state index contributed by atoms with van der Waals surface area (Å²) in [4.78, 5) is 14.7. The number of benzene rings is 2. The Bertz CT molecular complexity index is 769. The largest absolute Gasteiger partial charge is 0.497 e. The van der Waals surface area contributed by atoms with Crippen molar-refractivity contribution in [1.82, 2.24) is 0 Å². The molecule has 0 unspecified atom stereocenters. The van der Waals surface area contributed by atoms with E-state index >= 15 is 0 Å². The fraction of sp³-hybridized carbons (Fsp3) is 0.381. The maximum Gasteiger partial charge on any atom is 0.323 e. The molecule has 2 N–H and O–H groups in total. The van der Waals surface area contributed by atoms with E-state index in [1.54, 1.807) is 32.4 Å². The van der Waals surface area contributed by atoms with Crippen LogP contribution in [0.5, 0.6) is 11.5 Å². The Morgan fingerprint density at radius 3 is 2.33 bits per heavy atom. The van der Waals surface area contributed by atoms with Gasteiger partial charge in [-0.25, -0.2) is 4.79 Å². The number of hydrogen-bond donors (Lipinski definition) is 2. The van der Waals surface area contributed by atoms with Gasteiger partial charge in [0.1, 0.15) is 11.5 Å². The van der Waals surface area contributed by atoms with Gasteiger partial charge in [0, 0.05) is 30.5 Å². The van der Waals surface area contributed by atoms with Gasteiger partial charge in [-0.2, -0.15) is 0 Å². The third kappa shape index (κ3) is 4.84. The smallest absolute Gasteiger partial charge is 0.323 e. The number of urea groups is 1. The van der Waals surface area contributed by atoms with Crippen molar-refractivity contribution in [2.24, 2.45) is 5.92 Å². The molecule has 1 heterocycles. The summed E-state index contributed by atoms with van der Waals surface area (Å²) in [6, 6.07) is 12.9. The van der Waals surface area contributed by atoms with E-state index in [-0.39, 0.29) is 6.03 Å². The molecular formula is C21H27N3O3. The van der Waals surface area contributed by atoms with Gasteiger partial charge in [-0.1, -0.05) is 6.92 Å². The normalized spacial score (nSPS) is 14.6. The molecule has 1 aliphatic heterocycles. The molecule has 0 bridgehead atoms. The third-order valence-corrected chi connectivity index (χ3v) is 4.93. The Hall–Kier alpha value is -2.89. The molecule has 1 saturated heterocycles. The molecule has 0 atom stereocenters. The number of nitrogens with one attached hydrogen (secondary N) is 2. The van der Waals surface area contributed by atoms with Crippen molar-refractivity contribution in [2.75, 3.05) is 42.8 Å². The van der Waals surface area contributed by atoms with Crippen molar-refractivity contribution < 1.29 is 14.3 Å². The molecule has 1 fully saturated rings. The van der Waals surface area contributed by atoms with E-state index in [1.807, 2.05) is 12.1 Å². The van der Waals surface area contributed by atoms with Gasteiger partial charge in [-0.3, -0.25) is 0 Å². The lowest BCUT2D eigenvalue weighted by Crippen LogP contribution is -2.32. The summed E-state index contributed by atoms with van der Waals surface area (Å²) in [7, 11) is 3.14. The maximum atomic E-state index is 12.3. The summed E-state index contributed by atoms with van der Waals surface area (Å²) >= 11 is 0. The van der Waals surface area contributed by atoms with E-state index in [1.165, 1.54) is 18.5 Å². The zero-order valence-electron chi connectivity index (χ0n) is 16.1. The molecule has 27 heavy (non-hydrogen) atoms. The van der Waals surface area contributed by atoms with Crippen molar-refractivity contribution in [3.8, 4) is 11.5 Å².